The molecule has 0 bridgehead atoms. The zero-order valence-corrected chi connectivity index (χ0v) is 11.8. The smallest absolute Gasteiger partial charge is 0.338 e. The molecule has 0 saturated heterocycles. The van der Waals surface area contributed by atoms with Gasteiger partial charge in [0.25, 0.3) is 0 Å². The normalized spacial score (nSPS) is 11.4. The summed E-state index contributed by atoms with van der Waals surface area (Å²) >= 11 is 0. The highest BCUT2D eigenvalue weighted by Crippen LogP contribution is 2.00. The van der Waals surface area contributed by atoms with Gasteiger partial charge in [0.05, 0.1) is 5.56 Å². The minimum absolute atomic E-state index is 0. The van der Waals surface area contributed by atoms with Crippen LogP contribution in [0.2, 0.25) is 0 Å². The molecule has 0 fully saturated rings. The first-order valence-electron chi connectivity index (χ1n) is 6.19. The van der Waals surface area contributed by atoms with Crippen LogP contribution in [-0.2, 0) is 4.74 Å². The Bertz CT molecular complexity index is 330. The third-order valence-electron chi connectivity index (χ3n) is 2.56. The number of hydrogen-bond donors (Lipinski definition) is 1. The van der Waals surface area contributed by atoms with Gasteiger partial charge in [0.1, 0.15) is 6.61 Å². The third kappa shape index (κ3) is 6.62. The summed E-state index contributed by atoms with van der Waals surface area (Å²) in [6.45, 7) is 5.43. The average molecular weight is 272 g/mol. The fourth-order valence-electron chi connectivity index (χ4n) is 1.64. The molecule has 0 aromatic heterocycles. The van der Waals surface area contributed by atoms with Crippen LogP contribution >= 0.6 is 12.4 Å². The Morgan fingerprint density at radius 1 is 1.33 bits per heavy atom. The van der Waals surface area contributed by atoms with E-state index in [2.05, 4.69) is 19.2 Å². The van der Waals surface area contributed by atoms with E-state index in [1.54, 1.807) is 12.1 Å². The van der Waals surface area contributed by atoms with Crippen molar-refractivity contribution in [3.05, 3.63) is 35.9 Å². The maximum Gasteiger partial charge on any atom is 0.338 e. The SMILES string of the molecule is CCCC(C)NCCOC(=O)c1ccccc1.Cl. The molecule has 0 aliphatic rings. The van der Waals surface area contributed by atoms with Crippen molar-refractivity contribution in [3.63, 3.8) is 0 Å². The molecule has 0 aliphatic carbocycles. The number of hydrogen-bond acceptors (Lipinski definition) is 3. The summed E-state index contributed by atoms with van der Waals surface area (Å²) in [6, 6.07) is 9.54. The zero-order chi connectivity index (χ0) is 12.5. The minimum Gasteiger partial charge on any atom is -0.461 e. The van der Waals surface area contributed by atoms with Crippen molar-refractivity contribution in [2.75, 3.05) is 13.2 Å². The van der Waals surface area contributed by atoms with Crippen LogP contribution in [0.1, 0.15) is 37.0 Å². The van der Waals surface area contributed by atoms with Crippen LogP contribution < -0.4 is 5.32 Å². The number of carbonyl (C=O) groups excluding carboxylic acids is 1. The van der Waals surface area contributed by atoms with Crippen LogP contribution in [0, 0.1) is 0 Å². The highest BCUT2D eigenvalue weighted by molar-refractivity contribution is 5.89. The summed E-state index contributed by atoms with van der Waals surface area (Å²) in [5.74, 6) is -0.254. The number of benzene rings is 1. The lowest BCUT2D eigenvalue weighted by Crippen LogP contribution is -2.29. The van der Waals surface area contributed by atoms with Crippen molar-refractivity contribution in [1.82, 2.24) is 5.32 Å². The second-order valence-electron chi connectivity index (χ2n) is 4.15. The molecule has 3 nitrogen and oxygen atoms in total. The van der Waals surface area contributed by atoms with E-state index in [0.29, 0.717) is 24.8 Å². The van der Waals surface area contributed by atoms with Crippen molar-refractivity contribution in [2.45, 2.75) is 32.7 Å². The summed E-state index contributed by atoms with van der Waals surface area (Å²) in [6.07, 6.45) is 2.31. The molecule has 18 heavy (non-hydrogen) atoms. The van der Waals surface area contributed by atoms with Gasteiger partial charge < -0.3 is 10.1 Å². The molecule has 1 N–H and O–H groups in total. The Morgan fingerprint density at radius 3 is 2.61 bits per heavy atom. The summed E-state index contributed by atoms with van der Waals surface area (Å²) in [5, 5.41) is 3.31. The molecule has 0 saturated carbocycles. The van der Waals surface area contributed by atoms with E-state index >= 15 is 0 Å². The van der Waals surface area contributed by atoms with Gasteiger partial charge >= 0.3 is 5.97 Å². The first-order chi connectivity index (χ1) is 8.24. The van der Waals surface area contributed by atoms with Gasteiger partial charge in [-0.1, -0.05) is 31.5 Å². The number of ether oxygens (including phenoxy) is 1. The van der Waals surface area contributed by atoms with Gasteiger partial charge in [-0.05, 0) is 25.5 Å². The van der Waals surface area contributed by atoms with Gasteiger partial charge in [-0.25, -0.2) is 4.79 Å². The topological polar surface area (TPSA) is 38.3 Å². The van der Waals surface area contributed by atoms with Crippen molar-refractivity contribution in [3.8, 4) is 0 Å². The van der Waals surface area contributed by atoms with Crippen LogP contribution in [0.5, 0.6) is 0 Å². The number of carbonyl (C=O) groups is 1. The number of nitrogens with one attached hydrogen (secondary N) is 1. The van der Waals surface area contributed by atoms with Gasteiger partial charge in [0.15, 0.2) is 0 Å². The maximum atomic E-state index is 11.6. The second kappa shape index (κ2) is 9.92. The summed E-state index contributed by atoms with van der Waals surface area (Å²) in [4.78, 5) is 11.6. The van der Waals surface area contributed by atoms with Crippen molar-refractivity contribution in [2.24, 2.45) is 0 Å². The molecule has 1 unspecified atom stereocenters. The average Bonchev–Trinajstić information content (AvgIpc) is 2.36. The van der Waals surface area contributed by atoms with Gasteiger partial charge in [0, 0.05) is 12.6 Å². The summed E-state index contributed by atoms with van der Waals surface area (Å²) in [5.41, 5.74) is 0.606. The third-order valence-corrected chi connectivity index (χ3v) is 2.56. The summed E-state index contributed by atoms with van der Waals surface area (Å²) in [7, 11) is 0. The molecule has 0 spiro atoms. The molecule has 0 radical (unpaired) electrons. The van der Waals surface area contributed by atoms with E-state index < -0.39 is 0 Å². The number of halogens is 1. The molecular formula is C14H22ClNO2. The maximum absolute atomic E-state index is 11.6. The molecular weight excluding hydrogens is 250 g/mol. The number of esters is 1. The Balaban J connectivity index is 0.00000289. The lowest BCUT2D eigenvalue weighted by molar-refractivity contribution is 0.0506. The fourth-order valence-corrected chi connectivity index (χ4v) is 1.64. The van der Waals surface area contributed by atoms with E-state index in [1.165, 1.54) is 0 Å². The largest absolute Gasteiger partial charge is 0.461 e. The zero-order valence-electron chi connectivity index (χ0n) is 11.0. The van der Waals surface area contributed by atoms with Crippen molar-refractivity contribution in [1.29, 1.82) is 0 Å². The molecule has 0 aliphatic heterocycles. The van der Waals surface area contributed by atoms with Gasteiger partial charge in [-0.2, -0.15) is 0 Å². The van der Waals surface area contributed by atoms with Crippen LogP contribution in [-0.4, -0.2) is 25.2 Å². The predicted octanol–water partition coefficient (Wildman–Crippen LogP) is 3.04. The van der Waals surface area contributed by atoms with Crippen LogP contribution in [0.3, 0.4) is 0 Å². The molecule has 1 rings (SSSR count). The molecule has 0 heterocycles. The van der Waals surface area contributed by atoms with Crippen LogP contribution in [0.15, 0.2) is 30.3 Å². The van der Waals surface area contributed by atoms with Gasteiger partial charge in [-0.3, -0.25) is 0 Å². The lowest BCUT2D eigenvalue weighted by Gasteiger charge is -2.12. The highest BCUT2D eigenvalue weighted by atomic mass is 35.5. The quantitative estimate of drug-likeness (QED) is 0.612. The van der Waals surface area contributed by atoms with E-state index in [-0.39, 0.29) is 18.4 Å². The Morgan fingerprint density at radius 2 is 2.00 bits per heavy atom. The van der Waals surface area contributed by atoms with E-state index in [9.17, 15) is 4.79 Å². The Kier molecular flexibility index (Phi) is 9.33. The minimum atomic E-state index is -0.254. The molecule has 1 aromatic rings. The fraction of sp³-hybridized carbons (Fsp3) is 0.500. The Hall–Kier alpha value is -1.06. The van der Waals surface area contributed by atoms with Gasteiger partial charge in [0.2, 0.25) is 0 Å². The highest BCUT2D eigenvalue weighted by Gasteiger charge is 2.05. The van der Waals surface area contributed by atoms with Crippen LogP contribution in [0.4, 0.5) is 0 Å². The second-order valence-corrected chi connectivity index (χ2v) is 4.15. The van der Waals surface area contributed by atoms with Crippen molar-refractivity contribution < 1.29 is 9.53 Å². The van der Waals surface area contributed by atoms with E-state index in [0.717, 1.165) is 12.8 Å². The predicted molar refractivity (Wildman–Crippen MR) is 76.3 cm³/mol. The first kappa shape index (κ1) is 16.9. The monoisotopic (exact) mass is 271 g/mol. The molecule has 4 heteroatoms. The van der Waals surface area contributed by atoms with E-state index in [1.807, 2.05) is 18.2 Å². The van der Waals surface area contributed by atoms with Gasteiger partial charge in [-0.15, -0.1) is 12.4 Å². The summed E-state index contributed by atoms with van der Waals surface area (Å²) < 4.78 is 5.16. The van der Waals surface area contributed by atoms with Crippen LogP contribution in [0.25, 0.3) is 0 Å². The van der Waals surface area contributed by atoms with Crippen molar-refractivity contribution >= 4 is 18.4 Å². The molecule has 0 amide bonds. The first-order valence-corrected chi connectivity index (χ1v) is 6.19. The molecule has 102 valence electrons. The lowest BCUT2D eigenvalue weighted by atomic mass is 10.2. The standard InChI is InChI=1S/C14H21NO2.ClH/c1-3-7-12(2)15-10-11-17-14(16)13-8-5-4-6-9-13;/h4-6,8-9,12,15H,3,7,10-11H2,1-2H3;1H. The Labute approximate surface area is 115 Å². The number of rotatable bonds is 7. The molecule has 1 aromatic carbocycles. The van der Waals surface area contributed by atoms with E-state index in [4.69, 9.17) is 4.74 Å². The molecule has 1 atom stereocenters.